The summed E-state index contributed by atoms with van der Waals surface area (Å²) in [5.41, 5.74) is 0.826. The number of carbonyl (C=O) groups excluding carboxylic acids is 2. The number of nitrogens with zero attached hydrogens (tertiary/aromatic N) is 1. The molecule has 2 aromatic carbocycles. The minimum atomic E-state index is -0.599. The molecule has 2 amide bonds. The molecule has 2 aromatic rings. The van der Waals surface area contributed by atoms with E-state index in [4.69, 9.17) is 39.5 Å². The Labute approximate surface area is 172 Å². The SMILES string of the molecule is CC(C)COc1ccc(N2C(=O)C(Cl)=C(c3ccc(Cl)cc3Cl)C2=O)cc1. The van der Waals surface area contributed by atoms with Crippen molar-refractivity contribution in [2.45, 2.75) is 13.8 Å². The first-order chi connectivity index (χ1) is 12.8. The zero-order valence-electron chi connectivity index (χ0n) is 14.6. The maximum absolute atomic E-state index is 12.9. The maximum atomic E-state index is 12.9. The quantitative estimate of drug-likeness (QED) is 0.591. The molecule has 0 radical (unpaired) electrons. The fourth-order valence-electron chi connectivity index (χ4n) is 2.62. The molecule has 3 rings (SSSR count). The number of benzene rings is 2. The van der Waals surface area contributed by atoms with Gasteiger partial charge < -0.3 is 4.74 Å². The van der Waals surface area contributed by atoms with E-state index in [1.165, 1.54) is 6.07 Å². The van der Waals surface area contributed by atoms with Gasteiger partial charge in [-0.05, 0) is 42.3 Å². The lowest BCUT2D eigenvalue weighted by molar-refractivity contribution is -0.119. The van der Waals surface area contributed by atoms with Gasteiger partial charge in [-0.3, -0.25) is 9.59 Å². The minimum absolute atomic E-state index is 0.0588. The molecule has 0 bridgehead atoms. The van der Waals surface area contributed by atoms with E-state index in [2.05, 4.69) is 0 Å². The Morgan fingerprint density at radius 3 is 2.22 bits per heavy atom. The van der Waals surface area contributed by atoms with Crippen LogP contribution in [0.25, 0.3) is 5.57 Å². The molecule has 4 nitrogen and oxygen atoms in total. The predicted molar refractivity (Wildman–Crippen MR) is 109 cm³/mol. The van der Waals surface area contributed by atoms with Crippen molar-refractivity contribution in [3.05, 3.63) is 63.1 Å². The van der Waals surface area contributed by atoms with Crippen LogP contribution in [0.5, 0.6) is 5.75 Å². The van der Waals surface area contributed by atoms with E-state index < -0.39 is 11.8 Å². The summed E-state index contributed by atoms with van der Waals surface area (Å²) in [5.74, 6) is -0.0868. The van der Waals surface area contributed by atoms with Crippen LogP contribution in [-0.4, -0.2) is 18.4 Å². The van der Waals surface area contributed by atoms with Gasteiger partial charge in [0.1, 0.15) is 10.8 Å². The van der Waals surface area contributed by atoms with Gasteiger partial charge in [-0.1, -0.05) is 54.7 Å². The summed E-state index contributed by atoms with van der Waals surface area (Å²) < 4.78 is 5.62. The first-order valence-corrected chi connectivity index (χ1v) is 9.40. The molecule has 1 aliphatic rings. The van der Waals surface area contributed by atoms with Crippen molar-refractivity contribution < 1.29 is 14.3 Å². The second-order valence-electron chi connectivity index (χ2n) is 6.46. The molecule has 0 saturated heterocycles. The van der Waals surface area contributed by atoms with Gasteiger partial charge in [-0.2, -0.15) is 0 Å². The second-order valence-corrected chi connectivity index (χ2v) is 7.68. The molecule has 0 aromatic heterocycles. The lowest BCUT2D eigenvalue weighted by atomic mass is 10.1. The summed E-state index contributed by atoms with van der Waals surface area (Å²) >= 11 is 18.3. The molecular formula is C20H16Cl3NO3. The Bertz CT molecular complexity index is 936. The fraction of sp³-hybridized carbons (Fsp3) is 0.200. The van der Waals surface area contributed by atoms with E-state index in [0.717, 1.165) is 4.90 Å². The van der Waals surface area contributed by atoms with Crippen molar-refractivity contribution in [2.24, 2.45) is 5.92 Å². The number of halogens is 3. The van der Waals surface area contributed by atoms with E-state index in [1.54, 1.807) is 36.4 Å². The van der Waals surface area contributed by atoms with Crippen LogP contribution in [0.1, 0.15) is 19.4 Å². The number of anilines is 1. The normalized spacial score (nSPS) is 14.5. The van der Waals surface area contributed by atoms with Gasteiger partial charge in [0, 0.05) is 10.6 Å². The topological polar surface area (TPSA) is 46.6 Å². The van der Waals surface area contributed by atoms with Crippen molar-refractivity contribution in [3.63, 3.8) is 0 Å². The number of hydrogen-bond donors (Lipinski definition) is 0. The summed E-state index contributed by atoms with van der Waals surface area (Å²) in [4.78, 5) is 26.5. The number of carbonyl (C=O) groups is 2. The van der Waals surface area contributed by atoms with Crippen LogP contribution in [0.3, 0.4) is 0 Å². The van der Waals surface area contributed by atoms with Gasteiger partial charge in [0.15, 0.2) is 0 Å². The number of ether oxygens (including phenoxy) is 1. The molecule has 1 aliphatic heterocycles. The molecule has 1 heterocycles. The van der Waals surface area contributed by atoms with Crippen molar-refractivity contribution in [2.75, 3.05) is 11.5 Å². The van der Waals surface area contributed by atoms with Gasteiger partial charge in [-0.25, -0.2) is 4.90 Å². The van der Waals surface area contributed by atoms with Gasteiger partial charge in [-0.15, -0.1) is 0 Å². The van der Waals surface area contributed by atoms with Gasteiger partial charge >= 0.3 is 0 Å². The standard InChI is InChI=1S/C20H16Cl3NO3/c1-11(2)10-27-14-6-4-13(5-7-14)24-19(25)17(18(23)20(24)26)15-8-3-12(21)9-16(15)22/h3-9,11H,10H2,1-2H3. The highest BCUT2D eigenvalue weighted by atomic mass is 35.5. The summed E-state index contributed by atoms with van der Waals surface area (Å²) in [7, 11) is 0. The zero-order chi connectivity index (χ0) is 19.7. The molecule has 0 fully saturated rings. The summed E-state index contributed by atoms with van der Waals surface area (Å²) in [6.07, 6.45) is 0. The zero-order valence-corrected chi connectivity index (χ0v) is 16.9. The summed E-state index contributed by atoms with van der Waals surface area (Å²) in [6, 6.07) is 11.3. The summed E-state index contributed by atoms with van der Waals surface area (Å²) in [5, 5.41) is 0.492. The molecule has 0 spiro atoms. The monoisotopic (exact) mass is 423 g/mol. The van der Waals surface area contributed by atoms with Crippen molar-refractivity contribution in [1.29, 1.82) is 0 Å². The smallest absolute Gasteiger partial charge is 0.277 e. The van der Waals surface area contributed by atoms with Crippen molar-refractivity contribution in [3.8, 4) is 5.75 Å². The molecule has 0 N–H and O–H groups in total. The molecular weight excluding hydrogens is 409 g/mol. The number of amides is 2. The van der Waals surface area contributed by atoms with Crippen LogP contribution < -0.4 is 9.64 Å². The van der Waals surface area contributed by atoms with Crippen LogP contribution >= 0.6 is 34.8 Å². The summed E-state index contributed by atoms with van der Waals surface area (Å²) in [6.45, 7) is 4.67. The number of imide groups is 1. The van der Waals surface area contributed by atoms with E-state index in [1.807, 2.05) is 13.8 Å². The average Bonchev–Trinajstić information content (AvgIpc) is 2.84. The first-order valence-electron chi connectivity index (χ1n) is 8.26. The average molecular weight is 425 g/mol. The maximum Gasteiger partial charge on any atom is 0.277 e. The lowest BCUT2D eigenvalue weighted by Gasteiger charge is -2.16. The number of rotatable bonds is 5. The van der Waals surface area contributed by atoms with Gasteiger partial charge in [0.2, 0.25) is 0 Å². The third-order valence-corrected chi connectivity index (χ3v) is 4.80. The predicted octanol–water partition coefficient (Wildman–Crippen LogP) is 5.55. The molecule has 0 saturated carbocycles. The fourth-order valence-corrected chi connectivity index (χ4v) is 3.39. The largest absolute Gasteiger partial charge is 0.493 e. The molecule has 7 heteroatoms. The number of hydrogen-bond acceptors (Lipinski definition) is 3. The Balaban J connectivity index is 1.89. The van der Waals surface area contributed by atoms with Crippen LogP contribution in [0.2, 0.25) is 10.0 Å². The Morgan fingerprint density at radius 1 is 0.963 bits per heavy atom. The van der Waals surface area contributed by atoms with E-state index in [-0.39, 0.29) is 15.6 Å². The molecule has 140 valence electrons. The first kappa shape index (κ1) is 19.7. The van der Waals surface area contributed by atoms with Crippen molar-refractivity contribution in [1.82, 2.24) is 0 Å². The third-order valence-electron chi connectivity index (χ3n) is 3.91. The lowest BCUT2D eigenvalue weighted by Crippen LogP contribution is -2.31. The molecule has 0 unspecified atom stereocenters. The highest BCUT2D eigenvalue weighted by Crippen LogP contribution is 2.38. The van der Waals surface area contributed by atoms with Crippen molar-refractivity contribution >= 4 is 57.9 Å². The van der Waals surface area contributed by atoms with Crippen LogP contribution in [0.15, 0.2) is 47.5 Å². The Kier molecular flexibility index (Phi) is 5.80. The van der Waals surface area contributed by atoms with Crippen LogP contribution in [0.4, 0.5) is 5.69 Å². The van der Waals surface area contributed by atoms with Gasteiger partial charge in [0.25, 0.3) is 11.8 Å². The van der Waals surface area contributed by atoms with Gasteiger partial charge in [0.05, 0.1) is 22.9 Å². The second kappa shape index (κ2) is 7.93. The minimum Gasteiger partial charge on any atom is -0.493 e. The third kappa shape index (κ3) is 3.98. The molecule has 27 heavy (non-hydrogen) atoms. The highest BCUT2D eigenvalue weighted by molar-refractivity contribution is 6.60. The van der Waals surface area contributed by atoms with Crippen LogP contribution in [-0.2, 0) is 9.59 Å². The van der Waals surface area contributed by atoms with E-state index in [9.17, 15) is 9.59 Å². The molecule has 0 atom stereocenters. The highest BCUT2D eigenvalue weighted by Gasteiger charge is 2.39. The Hall–Kier alpha value is -2.01. The van der Waals surface area contributed by atoms with Crippen LogP contribution in [0, 0.1) is 5.92 Å². The Morgan fingerprint density at radius 2 is 1.63 bits per heavy atom. The van der Waals surface area contributed by atoms with E-state index in [0.29, 0.717) is 34.5 Å². The van der Waals surface area contributed by atoms with E-state index >= 15 is 0 Å². The molecule has 0 aliphatic carbocycles.